The SMILES string of the molecule is CCCC1(O)CN(c2cccc(SCC)c2C#N)C1. The van der Waals surface area contributed by atoms with Gasteiger partial charge in [-0.25, -0.2) is 0 Å². The molecular formula is C15H20N2OS. The molecule has 0 aliphatic carbocycles. The molecule has 1 aliphatic rings. The van der Waals surface area contributed by atoms with Gasteiger partial charge in [-0.15, -0.1) is 11.8 Å². The minimum atomic E-state index is -0.560. The van der Waals surface area contributed by atoms with Crippen LogP contribution in [0, 0.1) is 11.3 Å². The number of β-amino-alcohol motifs (C(OH)–C–C–N with tert-alkyl or cyclic N) is 1. The number of rotatable bonds is 5. The predicted molar refractivity (Wildman–Crippen MR) is 79.6 cm³/mol. The Balaban J connectivity index is 2.19. The summed E-state index contributed by atoms with van der Waals surface area (Å²) in [5, 5.41) is 19.6. The van der Waals surface area contributed by atoms with Crippen molar-refractivity contribution in [2.45, 2.75) is 37.2 Å². The molecule has 1 aromatic rings. The van der Waals surface area contributed by atoms with Crippen molar-refractivity contribution in [3.63, 3.8) is 0 Å². The van der Waals surface area contributed by atoms with E-state index in [-0.39, 0.29) is 0 Å². The van der Waals surface area contributed by atoms with Gasteiger partial charge < -0.3 is 10.0 Å². The van der Waals surface area contributed by atoms with Crippen LogP contribution in [-0.2, 0) is 0 Å². The van der Waals surface area contributed by atoms with E-state index < -0.39 is 5.60 Å². The third-order valence-electron chi connectivity index (χ3n) is 3.44. The van der Waals surface area contributed by atoms with E-state index in [1.165, 1.54) is 0 Å². The highest BCUT2D eigenvalue weighted by Crippen LogP contribution is 2.36. The van der Waals surface area contributed by atoms with Crippen molar-refractivity contribution in [2.24, 2.45) is 0 Å². The molecule has 1 saturated heterocycles. The molecule has 3 nitrogen and oxygen atoms in total. The fraction of sp³-hybridized carbons (Fsp3) is 0.533. The smallest absolute Gasteiger partial charge is 0.103 e. The van der Waals surface area contributed by atoms with Crippen LogP contribution in [0.15, 0.2) is 23.1 Å². The van der Waals surface area contributed by atoms with Gasteiger partial charge in [0.15, 0.2) is 0 Å². The molecule has 1 aromatic carbocycles. The summed E-state index contributed by atoms with van der Waals surface area (Å²) in [4.78, 5) is 3.14. The van der Waals surface area contributed by atoms with Crippen LogP contribution in [0.25, 0.3) is 0 Å². The average molecular weight is 276 g/mol. The van der Waals surface area contributed by atoms with Gasteiger partial charge in [0.2, 0.25) is 0 Å². The molecule has 1 N–H and O–H groups in total. The fourth-order valence-corrected chi connectivity index (χ4v) is 3.41. The van der Waals surface area contributed by atoms with E-state index in [4.69, 9.17) is 0 Å². The van der Waals surface area contributed by atoms with Gasteiger partial charge in [-0.05, 0) is 24.3 Å². The van der Waals surface area contributed by atoms with E-state index in [1.54, 1.807) is 11.8 Å². The summed E-state index contributed by atoms with van der Waals surface area (Å²) in [7, 11) is 0. The lowest BCUT2D eigenvalue weighted by Gasteiger charge is -2.48. The standard InChI is InChI=1S/C15H20N2OS/c1-3-8-15(18)10-17(11-15)13-6-5-7-14(19-4-2)12(13)9-16/h5-7,18H,3-4,8,10-11H2,1-2H3. The van der Waals surface area contributed by atoms with Crippen molar-refractivity contribution in [3.05, 3.63) is 23.8 Å². The molecule has 1 aliphatic heterocycles. The maximum absolute atomic E-state index is 10.2. The van der Waals surface area contributed by atoms with Crippen LogP contribution in [0.1, 0.15) is 32.3 Å². The Kier molecular flexibility index (Phi) is 4.38. The maximum atomic E-state index is 10.2. The summed E-state index contributed by atoms with van der Waals surface area (Å²) >= 11 is 1.69. The molecule has 0 aromatic heterocycles. The highest BCUT2D eigenvalue weighted by molar-refractivity contribution is 7.99. The van der Waals surface area contributed by atoms with Crippen molar-refractivity contribution < 1.29 is 5.11 Å². The molecule has 19 heavy (non-hydrogen) atoms. The van der Waals surface area contributed by atoms with E-state index in [1.807, 2.05) is 18.2 Å². The first-order valence-electron chi connectivity index (χ1n) is 6.76. The van der Waals surface area contributed by atoms with Gasteiger partial charge in [0.25, 0.3) is 0 Å². The number of anilines is 1. The van der Waals surface area contributed by atoms with Crippen LogP contribution in [-0.4, -0.2) is 29.5 Å². The minimum Gasteiger partial charge on any atom is -0.386 e. The summed E-state index contributed by atoms with van der Waals surface area (Å²) < 4.78 is 0. The van der Waals surface area contributed by atoms with Gasteiger partial charge in [-0.2, -0.15) is 5.26 Å². The monoisotopic (exact) mass is 276 g/mol. The van der Waals surface area contributed by atoms with Crippen LogP contribution in [0.5, 0.6) is 0 Å². The lowest BCUT2D eigenvalue weighted by Crippen LogP contribution is -2.62. The summed E-state index contributed by atoms with van der Waals surface area (Å²) in [5.74, 6) is 0.956. The molecule has 2 rings (SSSR count). The van der Waals surface area contributed by atoms with Gasteiger partial charge in [-0.1, -0.05) is 26.3 Å². The van der Waals surface area contributed by atoms with Crippen LogP contribution in [0.3, 0.4) is 0 Å². The zero-order valence-corrected chi connectivity index (χ0v) is 12.3. The minimum absolute atomic E-state index is 0.560. The van der Waals surface area contributed by atoms with Crippen molar-refractivity contribution in [2.75, 3.05) is 23.7 Å². The Morgan fingerprint density at radius 3 is 2.74 bits per heavy atom. The van der Waals surface area contributed by atoms with Crippen molar-refractivity contribution in [3.8, 4) is 6.07 Å². The second kappa shape index (κ2) is 5.85. The first kappa shape index (κ1) is 14.2. The van der Waals surface area contributed by atoms with E-state index in [2.05, 4.69) is 24.8 Å². The maximum Gasteiger partial charge on any atom is 0.103 e. The molecule has 1 fully saturated rings. The third-order valence-corrected chi connectivity index (χ3v) is 4.38. The number of nitrogens with zero attached hydrogens (tertiary/aromatic N) is 2. The van der Waals surface area contributed by atoms with Crippen LogP contribution < -0.4 is 4.90 Å². The molecule has 1 heterocycles. The van der Waals surface area contributed by atoms with Gasteiger partial charge in [0, 0.05) is 18.0 Å². The van der Waals surface area contributed by atoms with E-state index >= 15 is 0 Å². The lowest BCUT2D eigenvalue weighted by atomic mass is 9.88. The number of benzene rings is 1. The molecule has 0 amide bonds. The summed E-state index contributed by atoms with van der Waals surface area (Å²) in [6.45, 7) is 5.44. The predicted octanol–water partition coefficient (Wildman–Crippen LogP) is 3.02. The van der Waals surface area contributed by atoms with Gasteiger partial charge in [-0.3, -0.25) is 0 Å². The second-order valence-electron chi connectivity index (χ2n) is 5.03. The molecule has 0 spiro atoms. The van der Waals surface area contributed by atoms with Crippen LogP contribution >= 0.6 is 11.8 Å². The number of nitriles is 1. The Hall–Kier alpha value is -1.18. The molecule has 0 unspecified atom stereocenters. The Labute approximate surface area is 119 Å². The Bertz CT molecular complexity index is 489. The number of hydrogen-bond donors (Lipinski definition) is 1. The quantitative estimate of drug-likeness (QED) is 0.840. The zero-order valence-electron chi connectivity index (χ0n) is 11.5. The van der Waals surface area contributed by atoms with Crippen LogP contribution in [0.2, 0.25) is 0 Å². The highest BCUT2D eigenvalue weighted by Gasteiger charge is 2.41. The molecule has 0 saturated carbocycles. The second-order valence-corrected chi connectivity index (χ2v) is 6.33. The Morgan fingerprint density at radius 1 is 1.42 bits per heavy atom. The van der Waals surface area contributed by atoms with Crippen LogP contribution in [0.4, 0.5) is 5.69 Å². The first-order chi connectivity index (χ1) is 9.13. The highest BCUT2D eigenvalue weighted by atomic mass is 32.2. The van der Waals surface area contributed by atoms with Gasteiger partial charge >= 0.3 is 0 Å². The van der Waals surface area contributed by atoms with E-state index in [0.717, 1.165) is 34.7 Å². The molecule has 0 bridgehead atoms. The fourth-order valence-electron chi connectivity index (χ4n) is 2.63. The molecule has 102 valence electrons. The third kappa shape index (κ3) is 2.88. The average Bonchev–Trinajstić information content (AvgIpc) is 2.36. The summed E-state index contributed by atoms with van der Waals surface area (Å²) in [5.41, 5.74) is 1.14. The van der Waals surface area contributed by atoms with Crippen molar-refractivity contribution in [1.82, 2.24) is 0 Å². The van der Waals surface area contributed by atoms with Gasteiger partial charge in [0.1, 0.15) is 6.07 Å². The van der Waals surface area contributed by atoms with E-state index in [9.17, 15) is 10.4 Å². The number of hydrogen-bond acceptors (Lipinski definition) is 4. The Morgan fingerprint density at radius 2 is 2.16 bits per heavy atom. The zero-order chi connectivity index (χ0) is 13.9. The molecular weight excluding hydrogens is 256 g/mol. The van der Waals surface area contributed by atoms with Gasteiger partial charge in [0.05, 0.1) is 16.9 Å². The lowest BCUT2D eigenvalue weighted by molar-refractivity contribution is 0.00336. The largest absolute Gasteiger partial charge is 0.386 e. The first-order valence-corrected chi connectivity index (χ1v) is 7.75. The summed E-state index contributed by atoms with van der Waals surface area (Å²) in [6.07, 6.45) is 1.82. The molecule has 4 heteroatoms. The van der Waals surface area contributed by atoms with E-state index in [0.29, 0.717) is 13.1 Å². The molecule has 0 radical (unpaired) electrons. The topological polar surface area (TPSA) is 47.3 Å². The van der Waals surface area contributed by atoms with Crippen molar-refractivity contribution >= 4 is 17.4 Å². The normalized spacial score (nSPS) is 16.8. The van der Waals surface area contributed by atoms with Crippen molar-refractivity contribution in [1.29, 1.82) is 5.26 Å². The summed E-state index contributed by atoms with van der Waals surface area (Å²) in [6, 6.07) is 8.28. The molecule has 0 atom stereocenters. The number of thioether (sulfide) groups is 1. The number of aliphatic hydroxyl groups is 1.